The van der Waals surface area contributed by atoms with Crippen molar-refractivity contribution in [2.75, 3.05) is 5.32 Å². The SMILES string of the molecule is CC1(C)CC(=O)C2=C(C1)c1c(ccc3ccccc13)N[C@@H]2c1ccccc1I. The van der Waals surface area contributed by atoms with Gasteiger partial charge >= 0.3 is 0 Å². The van der Waals surface area contributed by atoms with E-state index in [0.29, 0.717) is 6.42 Å². The van der Waals surface area contributed by atoms with Crippen molar-refractivity contribution >= 4 is 50.4 Å². The van der Waals surface area contributed by atoms with Crippen molar-refractivity contribution in [3.8, 4) is 0 Å². The molecule has 3 heteroatoms. The largest absolute Gasteiger partial charge is 0.373 e. The number of anilines is 1. The van der Waals surface area contributed by atoms with Gasteiger partial charge in [0.1, 0.15) is 0 Å². The van der Waals surface area contributed by atoms with Crippen LogP contribution in [0, 0.1) is 8.99 Å². The molecule has 1 atom stereocenters. The van der Waals surface area contributed by atoms with E-state index >= 15 is 0 Å². The third-order valence-corrected chi connectivity index (χ3v) is 6.94. The molecule has 2 aliphatic rings. The number of rotatable bonds is 1. The molecule has 0 unspecified atom stereocenters. The average molecular weight is 479 g/mol. The molecule has 140 valence electrons. The predicted octanol–water partition coefficient (Wildman–Crippen LogP) is 6.75. The summed E-state index contributed by atoms with van der Waals surface area (Å²) in [6, 6.07) is 21.1. The van der Waals surface area contributed by atoms with Crippen LogP contribution in [-0.2, 0) is 4.79 Å². The van der Waals surface area contributed by atoms with Crippen molar-refractivity contribution < 1.29 is 4.79 Å². The number of hydrogen-bond donors (Lipinski definition) is 1. The number of benzene rings is 3. The van der Waals surface area contributed by atoms with Gasteiger partial charge in [0, 0.05) is 26.8 Å². The Bertz CT molecular complexity index is 1160. The number of fused-ring (bicyclic) bond motifs is 4. The quantitative estimate of drug-likeness (QED) is 0.391. The molecule has 28 heavy (non-hydrogen) atoms. The summed E-state index contributed by atoms with van der Waals surface area (Å²) in [5, 5.41) is 6.17. The number of Topliss-reactive ketones (excluding diaryl/α,β-unsaturated/α-hetero) is 1. The molecule has 3 aromatic rings. The minimum Gasteiger partial charge on any atom is -0.373 e. The van der Waals surface area contributed by atoms with Gasteiger partial charge in [0.15, 0.2) is 5.78 Å². The molecule has 1 heterocycles. The first kappa shape index (κ1) is 17.9. The first-order valence-corrected chi connectivity index (χ1v) is 10.8. The van der Waals surface area contributed by atoms with E-state index < -0.39 is 0 Å². The molecule has 0 fully saturated rings. The van der Waals surface area contributed by atoms with Crippen LogP contribution in [0.3, 0.4) is 0 Å². The van der Waals surface area contributed by atoms with Crippen LogP contribution in [-0.4, -0.2) is 5.78 Å². The van der Waals surface area contributed by atoms with E-state index in [1.165, 1.54) is 31.0 Å². The highest BCUT2D eigenvalue weighted by Gasteiger charge is 2.41. The maximum absolute atomic E-state index is 13.4. The predicted molar refractivity (Wildman–Crippen MR) is 124 cm³/mol. The number of carbonyl (C=O) groups excluding carboxylic acids is 1. The standard InChI is InChI=1S/C25H22INO/c1-25(2)13-18-22-16-8-4-3-7-15(16)11-12-20(22)27-24(23(18)21(28)14-25)17-9-5-6-10-19(17)26/h3-12,24,27H,13-14H2,1-2H3/t24-/m1/s1. The highest BCUT2D eigenvalue weighted by atomic mass is 127. The van der Waals surface area contributed by atoms with Crippen LogP contribution in [0.1, 0.15) is 43.9 Å². The number of allylic oxidation sites excluding steroid dienone is 1. The number of carbonyl (C=O) groups is 1. The van der Waals surface area contributed by atoms with Gasteiger partial charge in [-0.15, -0.1) is 0 Å². The van der Waals surface area contributed by atoms with Crippen LogP contribution in [0.4, 0.5) is 5.69 Å². The summed E-state index contributed by atoms with van der Waals surface area (Å²) in [5.74, 6) is 0.280. The van der Waals surface area contributed by atoms with E-state index in [-0.39, 0.29) is 17.2 Å². The number of halogens is 1. The lowest BCUT2D eigenvalue weighted by Gasteiger charge is -2.40. The molecule has 2 nitrogen and oxygen atoms in total. The molecule has 1 N–H and O–H groups in total. The second-order valence-corrected chi connectivity index (χ2v) is 9.80. The fourth-order valence-corrected chi connectivity index (χ4v) is 5.48. The Hall–Kier alpha value is -2.14. The van der Waals surface area contributed by atoms with Gasteiger partial charge in [-0.25, -0.2) is 0 Å². The molecule has 5 rings (SSSR count). The summed E-state index contributed by atoms with van der Waals surface area (Å²) < 4.78 is 1.19. The normalized spacial score (nSPS) is 20.5. The van der Waals surface area contributed by atoms with Gasteiger partial charge < -0.3 is 5.32 Å². The molecule has 0 aromatic heterocycles. The molecule has 1 aliphatic carbocycles. The lowest BCUT2D eigenvalue weighted by Crippen LogP contribution is -2.33. The van der Waals surface area contributed by atoms with E-state index in [1.807, 2.05) is 0 Å². The van der Waals surface area contributed by atoms with Gasteiger partial charge in [0.25, 0.3) is 0 Å². The number of ketones is 1. The first-order valence-electron chi connectivity index (χ1n) is 9.74. The van der Waals surface area contributed by atoms with Gasteiger partial charge in [0.2, 0.25) is 0 Å². The Kier molecular flexibility index (Phi) is 4.13. The smallest absolute Gasteiger partial charge is 0.162 e. The Morgan fingerprint density at radius 2 is 1.71 bits per heavy atom. The fraction of sp³-hybridized carbons (Fsp3) is 0.240. The van der Waals surface area contributed by atoms with Crippen LogP contribution in [0.25, 0.3) is 16.3 Å². The second kappa shape index (κ2) is 6.45. The minimum atomic E-state index is -0.0830. The molecule has 0 radical (unpaired) electrons. The third kappa shape index (κ3) is 2.79. The molecular formula is C25H22INO. The molecule has 0 saturated heterocycles. The molecular weight excluding hydrogens is 457 g/mol. The van der Waals surface area contributed by atoms with Gasteiger partial charge in [-0.2, -0.15) is 0 Å². The lowest BCUT2D eigenvalue weighted by molar-refractivity contribution is -0.118. The minimum absolute atomic E-state index is 0.0180. The summed E-state index contributed by atoms with van der Waals surface area (Å²) in [4.78, 5) is 13.4. The van der Waals surface area contributed by atoms with Crippen LogP contribution in [0.15, 0.2) is 66.2 Å². The van der Waals surface area contributed by atoms with Crippen molar-refractivity contribution in [3.63, 3.8) is 0 Å². The maximum Gasteiger partial charge on any atom is 0.162 e. The summed E-state index contributed by atoms with van der Waals surface area (Å²) in [6.07, 6.45) is 1.53. The number of hydrogen-bond acceptors (Lipinski definition) is 2. The Labute approximate surface area is 179 Å². The van der Waals surface area contributed by atoms with Crippen LogP contribution in [0.2, 0.25) is 0 Å². The molecule has 0 bridgehead atoms. The second-order valence-electron chi connectivity index (χ2n) is 8.64. The average Bonchev–Trinajstić information content (AvgIpc) is 2.66. The summed E-state index contributed by atoms with van der Waals surface area (Å²) >= 11 is 2.38. The third-order valence-electron chi connectivity index (χ3n) is 5.96. The molecule has 0 spiro atoms. The first-order chi connectivity index (χ1) is 13.4. The molecule has 0 saturated carbocycles. The number of nitrogens with one attached hydrogen (secondary N) is 1. The zero-order valence-corrected chi connectivity index (χ0v) is 18.2. The maximum atomic E-state index is 13.4. The Balaban J connectivity index is 1.83. The van der Waals surface area contributed by atoms with Crippen molar-refractivity contribution in [1.82, 2.24) is 0 Å². The topological polar surface area (TPSA) is 29.1 Å². The van der Waals surface area contributed by atoms with E-state index in [0.717, 1.165) is 17.7 Å². The van der Waals surface area contributed by atoms with Crippen LogP contribution >= 0.6 is 22.6 Å². The molecule has 1 aliphatic heterocycles. The monoisotopic (exact) mass is 479 g/mol. The molecule has 0 amide bonds. The summed E-state index contributed by atoms with van der Waals surface area (Å²) in [7, 11) is 0. The Morgan fingerprint density at radius 3 is 2.54 bits per heavy atom. The summed E-state index contributed by atoms with van der Waals surface area (Å²) in [5.41, 5.74) is 5.71. The van der Waals surface area contributed by atoms with Gasteiger partial charge in [-0.05, 0) is 68.5 Å². The van der Waals surface area contributed by atoms with Crippen molar-refractivity contribution in [1.29, 1.82) is 0 Å². The van der Waals surface area contributed by atoms with Gasteiger partial charge in [-0.1, -0.05) is 62.4 Å². The fourth-order valence-electron chi connectivity index (χ4n) is 4.78. The highest BCUT2D eigenvalue weighted by molar-refractivity contribution is 14.1. The van der Waals surface area contributed by atoms with Crippen molar-refractivity contribution in [2.45, 2.75) is 32.7 Å². The van der Waals surface area contributed by atoms with E-state index in [9.17, 15) is 4.79 Å². The van der Waals surface area contributed by atoms with E-state index in [2.05, 4.69) is 102 Å². The van der Waals surface area contributed by atoms with E-state index in [4.69, 9.17) is 0 Å². The van der Waals surface area contributed by atoms with Gasteiger partial charge in [0.05, 0.1) is 6.04 Å². The van der Waals surface area contributed by atoms with Crippen LogP contribution in [0.5, 0.6) is 0 Å². The van der Waals surface area contributed by atoms with Gasteiger partial charge in [-0.3, -0.25) is 4.79 Å². The highest BCUT2D eigenvalue weighted by Crippen LogP contribution is 2.52. The lowest BCUT2D eigenvalue weighted by atomic mass is 9.68. The van der Waals surface area contributed by atoms with Crippen molar-refractivity contribution in [2.24, 2.45) is 5.41 Å². The van der Waals surface area contributed by atoms with Crippen LogP contribution < -0.4 is 5.32 Å². The Morgan fingerprint density at radius 1 is 0.964 bits per heavy atom. The van der Waals surface area contributed by atoms with E-state index in [1.54, 1.807) is 0 Å². The zero-order chi connectivity index (χ0) is 19.5. The zero-order valence-electron chi connectivity index (χ0n) is 16.1. The molecule has 3 aromatic carbocycles. The summed E-state index contributed by atoms with van der Waals surface area (Å²) in [6.45, 7) is 4.42. The van der Waals surface area contributed by atoms with Crippen molar-refractivity contribution in [3.05, 3.63) is 80.9 Å².